The number of nitrogen functional groups attached to an aromatic ring is 1. The first kappa shape index (κ1) is 12.0. The molecule has 1 aromatic heterocycles. The second kappa shape index (κ2) is 4.54. The normalized spacial score (nSPS) is 16.6. The van der Waals surface area contributed by atoms with Crippen LogP contribution in [-0.2, 0) is 0 Å². The number of fused-ring (bicyclic) bond motifs is 1. The molecule has 94 valence electrons. The molecule has 1 fully saturated rings. The van der Waals surface area contributed by atoms with Gasteiger partial charge in [-0.05, 0) is 53.4 Å². The quantitative estimate of drug-likeness (QED) is 0.839. The number of nitrogens with zero attached hydrogens (tertiary/aromatic N) is 1. The van der Waals surface area contributed by atoms with E-state index in [0.717, 1.165) is 21.1 Å². The number of pyridine rings is 1. The summed E-state index contributed by atoms with van der Waals surface area (Å²) in [5, 5.41) is 1.09. The Balaban J connectivity index is 2.23. The van der Waals surface area contributed by atoms with Crippen molar-refractivity contribution in [1.29, 1.82) is 0 Å². The molecule has 3 rings (SSSR count). The Morgan fingerprint density at radius 1 is 1.28 bits per heavy atom. The van der Waals surface area contributed by atoms with E-state index >= 15 is 0 Å². The highest BCUT2D eigenvalue weighted by Crippen LogP contribution is 2.37. The monoisotopic (exact) mass is 304 g/mol. The van der Waals surface area contributed by atoms with Crippen molar-refractivity contribution in [2.45, 2.75) is 38.5 Å². The molecular weight excluding hydrogens is 288 g/mol. The summed E-state index contributed by atoms with van der Waals surface area (Å²) in [7, 11) is 0. The molecule has 3 heteroatoms. The van der Waals surface area contributed by atoms with E-state index in [9.17, 15) is 0 Å². The van der Waals surface area contributed by atoms with Crippen molar-refractivity contribution in [3.05, 3.63) is 33.9 Å². The molecule has 2 nitrogen and oxygen atoms in total. The Hall–Kier alpha value is -1.09. The van der Waals surface area contributed by atoms with Crippen LogP contribution < -0.4 is 5.73 Å². The standard InChI is InChI=1S/C15H17BrN2/c1-9-6-7-11(16)15-14(9)12(17)8-13(18-15)10-4-2-3-5-10/h6-8,10H,2-5H2,1H3,(H2,17,18). The van der Waals surface area contributed by atoms with Crippen molar-refractivity contribution < 1.29 is 0 Å². The fourth-order valence-electron chi connectivity index (χ4n) is 2.96. The van der Waals surface area contributed by atoms with E-state index in [0.29, 0.717) is 5.92 Å². The van der Waals surface area contributed by atoms with Gasteiger partial charge in [0, 0.05) is 27.2 Å². The topological polar surface area (TPSA) is 38.9 Å². The van der Waals surface area contributed by atoms with Gasteiger partial charge in [-0.3, -0.25) is 4.98 Å². The lowest BCUT2D eigenvalue weighted by Gasteiger charge is -2.13. The van der Waals surface area contributed by atoms with Gasteiger partial charge in [-0.1, -0.05) is 18.9 Å². The molecule has 0 atom stereocenters. The van der Waals surface area contributed by atoms with Crippen LogP contribution in [0.3, 0.4) is 0 Å². The van der Waals surface area contributed by atoms with Crippen molar-refractivity contribution in [2.75, 3.05) is 5.73 Å². The van der Waals surface area contributed by atoms with E-state index in [-0.39, 0.29) is 0 Å². The van der Waals surface area contributed by atoms with Gasteiger partial charge >= 0.3 is 0 Å². The SMILES string of the molecule is Cc1ccc(Br)c2nc(C3CCCC3)cc(N)c12. The molecule has 0 bridgehead atoms. The molecule has 2 aromatic rings. The van der Waals surface area contributed by atoms with Gasteiger partial charge < -0.3 is 5.73 Å². The minimum Gasteiger partial charge on any atom is -0.398 e. The molecule has 0 spiro atoms. The van der Waals surface area contributed by atoms with Gasteiger partial charge in [0.05, 0.1) is 5.52 Å². The first-order valence-corrected chi connectivity index (χ1v) is 7.31. The Morgan fingerprint density at radius 2 is 2.00 bits per heavy atom. The molecule has 1 aromatic carbocycles. The summed E-state index contributed by atoms with van der Waals surface area (Å²) in [6.07, 6.45) is 5.14. The highest BCUT2D eigenvalue weighted by atomic mass is 79.9. The van der Waals surface area contributed by atoms with E-state index in [1.54, 1.807) is 0 Å². The van der Waals surface area contributed by atoms with E-state index in [2.05, 4.69) is 41.1 Å². The van der Waals surface area contributed by atoms with Crippen molar-refractivity contribution >= 4 is 32.5 Å². The third-order valence-corrected chi connectivity index (χ3v) is 4.58. The van der Waals surface area contributed by atoms with Crippen LogP contribution in [0.15, 0.2) is 22.7 Å². The van der Waals surface area contributed by atoms with Crippen LogP contribution in [-0.4, -0.2) is 4.98 Å². The van der Waals surface area contributed by atoms with Crippen LogP contribution in [0, 0.1) is 6.92 Å². The van der Waals surface area contributed by atoms with Crippen molar-refractivity contribution in [1.82, 2.24) is 4.98 Å². The summed E-state index contributed by atoms with van der Waals surface area (Å²) in [5.41, 5.74) is 10.5. The molecule has 1 aliphatic carbocycles. The fourth-order valence-corrected chi connectivity index (χ4v) is 3.38. The molecule has 0 unspecified atom stereocenters. The Bertz CT molecular complexity index is 601. The van der Waals surface area contributed by atoms with Gasteiger partial charge in [0.2, 0.25) is 0 Å². The molecular formula is C15H17BrN2. The second-order valence-electron chi connectivity index (χ2n) is 5.21. The summed E-state index contributed by atoms with van der Waals surface area (Å²) in [6, 6.07) is 6.22. The zero-order valence-corrected chi connectivity index (χ0v) is 12.1. The summed E-state index contributed by atoms with van der Waals surface area (Å²) in [6.45, 7) is 2.09. The Morgan fingerprint density at radius 3 is 2.72 bits per heavy atom. The van der Waals surface area contributed by atoms with Crippen LogP contribution in [0.1, 0.15) is 42.9 Å². The zero-order valence-electron chi connectivity index (χ0n) is 10.5. The first-order valence-electron chi connectivity index (χ1n) is 6.52. The average Bonchev–Trinajstić information content (AvgIpc) is 2.87. The van der Waals surface area contributed by atoms with Crippen LogP contribution in [0.2, 0.25) is 0 Å². The maximum atomic E-state index is 6.23. The number of rotatable bonds is 1. The Labute approximate surface area is 116 Å². The summed E-state index contributed by atoms with van der Waals surface area (Å²) in [4.78, 5) is 4.85. The molecule has 1 aliphatic rings. The minimum absolute atomic E-state index is 0.601. The predicted molar refractivity (Wildman–Crippen MR) is 79.8 cm³/mol. The predicted octanol–water partition coefficient (Wildman–Crippen LogP) is 4.55. The first-order chi connectivity index (χ1) is 8.66. The minimum atomic E-state index is 0.601. The number of anilines is 1. The number of hydrogen-bond donors (Lipinski definition) is 1. The number of halogens is 1. The Kier molecular flexibility index (Phi) is 3.02. The second-order valence-corrected chi connectivity index (χ2v) is 6.06. The van der Waals surface area contributed by atoms with Crippen molar-refractivity contribution in [3.8, 4) is 0 Å². The van der Waals surface area contributed by atoms with Gasteiger partial charge in [-0.15, -0.1) is 0 Å². The molecule has 1 saturated carbocycles. The van der Waals surface area contributed by atoms with Gasteiger partial charge in [-0.2, -0.15) is 0 Å². The molecule has 2 N–H and O–H groups in total. The van der Waals surface area contributed by atoms with Gasteiger partial charge in [0.25, 0.3) is 0 Å². The molecule has 0 aliphatic heterocycles. The molecule has 18 heavy (non-hydrogen) atoms. The number of benzene rings is 1. The highest BCUT2D eigenvalue weighted by molar-refractivity contribution is 9.10. The van der Waals surface area contributed by atoms with E-state index in [1.165, 1.54) is 36.9 Å². The number of nitrogens with two attached hydrogens (primary N) is 1. The number of aryl methyl sites for hydroxylation is 1. The largest absolute Gasteiger partial charge is 0.398 e. The number of aromatic nitrogens is 1. The fraction of sp³-hybridized carbons (Fsp3) is 0.400. The molecule has 0 radical (unpaired) electrons. The lowest BCUT2D eigenvalue weighted by atomic mass is 10.00. The smallest absolute Gasteiger partial charge is 0.0870 e. The van der Waals surface area contributed by atoms with Crippen LogP contribution >= 0.6 is 15.9 Å². The number of hydrogen-bond acceptors (Lipinski definition) is 2. The van der Waals surface area contributed by atoms with E-state index < -0.39 is 0 Å². The van der Waals surface area contributed by atoms with Crippen LogP contribution in [0.5, 0.6) is 0 Å². The van der Waals surface area contributed by atoms with Crippen molar-refractivity contribution in [2.24, 2.45) is 0 Å². The lowest BCUT2D eigenvalue weighted by molar-refractivity contribution is 0.701. The summed E-state index contributed by atoms with van der Waals surface area (Å²) in [5.74, 6) is 0.601. The highest BCUT2D eigenvalue weighted by Gasteiger charge is 2.20. The van der Waals surface area contributed by atoms with Crippen LogP contribution in [0.4, 0.5) is 5.69 Å². The lowest BCUT2D eigenvalue weighted by Crippen LogP contribution is -2.01. The maximum Gasteiger partial charge on any atom is 0.0870 e. The van der Waals surface area contributed by atoms with Crippen molar-refractivity contribution in [3.63, 3.8) is 0 Å². The van der Waals surface area contributed by atoms with Gasteiger partial charge in [0.15, 0.2) is 0 Å². The summed E-state index contributed by atoms with van der Waals surface area (Å²) >= 11 is 3.59. The van der Waals surface area contributed by atoms with E-state index in [1.807, 2.05) is 0 Å². The maximum absolute atomic E-state index is 6.23. The van der Waals surface area contributed by atoms with Gasteiger partial charge in [0.1, 0.15) is 0 Å². The molecule has 0 saturated heterocycles. The molecule has 1 heterocycles. The zero-order chi connectivity index (χ0) is 12.7. The third kappa shape index (κ3) is 1.91. The molecule has 0 amide bonds. The van der Waals surface area contributed by atoms with Crippen LogP contribution in [0.25, 0.3) is 10.9 Å². The van der Waals surface area contributed by atoms with Gasteiger partial charge in [-0.25, -0.2) is 0 Å². The average molecular weight is 305 g/mol. The van der Waals surface area contributed by atoms with E-state index in [4.69, 9.17) is 10.7 Å². The summed E-state index contributed by atoms with van der Waals surface area (Å²) < 4.78 is 1.04. The third-order valence-electron chi connectivity index (χ3n) is 3.94.